The molecule has 0 spiro atoms. The van der Waals surface area contributed by atoms with Crippen LogP contribution in [-0.2, 0) is 11.3 Å². The number of anilines is 1. The van der Waals surface area contributed by atoms with Crippen LogP contribution in [-0.4, -0.2) is 32.8 Å². The quantitative estimate of drug-likeness (QED) is 0.675. The zero-order valence-electron chi connectivity index (χ0n) is 13.9. The summed E-state index contributed by atoms with van der Waals surface area (Å²) in [7, 11) is 1.72. The third-order valence-electron chi connectivity index (χ3n) is 3.32. The second kappa shape index (κ2) is 9.44. The van der Waals surface area contributed by atoms with Gasteiger partial charge >= 0.3 is 0 Å². The van der Waals surface area contributed by atoms with Crippen molar-refractivity contribution in [2.45, 2.75) is 40.3 Å². The number of benzene rings is 1. The Morgan fingerprint density at radius 3 is 2.48 bits per heavy atom. The minimum absolute atomic E-state index is 0.495. The van der Waals surface area contributed by atoms with Crippen LogP contribution in [0.15, 0.2) is 22.7 Å². The summed E-state index contributed by atoms with van der Waals surface area (Å²) in [5, 5.41) is 3.37. The zero-order chi connectivity index (χ0) is 15.8. The molecule has 0 fully saturated rings. The molecule has 3 nitrogen and oxygen atoms in total. The third-order valence-corrected chi connectivity index (χ3v) is 3.95. The van der Waals surface area contributed by atoms with Crippen molar-refractivity contribution in [1.82, 2.24) is 5.32 Å². The minimum atomic E-state index is 0.495. The fraction of sp³-hybridized carbons (Fsp3) is 0.647. The lowest BCUT2D eigenvalue weighted by molar-refractivity contribution is 0.199. The molecule has 21 heavy (non-hydrogen) atoms. The third kappa shape index (κ3) is 6.37. The van der Waals surface area contributed by atoms with Gasteiger partial charge in [-0.15, -0.1) is 0 Å². The SMILES string of the molecule is COCCNCc1ccc(N(CC(C)C)C(C)C)c(Br)c1. The number of methoxy groups -OCH3 is 1. The summed E-state index contributed by atoms with van der Waals surface area (Å²) in [6, 6.07) is 7.13. The monoisotopic (exact) mass is 356 g/mol. The lowest BCUT2D eigenvalue weighted by atomic mass is 10.1. The summed E-state index contributed by atoms with van der Waals surface area (Å²) in [5.74, 6) is 0.648. The van der Waals surface area contributed by atoms with Crippen molar-refractivity contribution in [2.24, 2.45) is 5.92 Å². The van der Waals surface area contributed by atoms with Gasteiger partial charge in [-0.25, -0.2) is 0 Å². The zero-order valence-corrected chi connectivity index (χ0v) is 15.5. The normalized spacial score (nSPS) is 11.4. The maximum Gasteiger partial charge on any atom is 0.0587 e. The molecular formula is C17H29BrN2O. The number of hydrogen-bond acceptors (Lipinski definition) is 3. The summed E-state index contributed by atoms with van der Waals surface area (Å²) in [4.78, 5) is 2.46. The van der Waals surface area contributed by atoms with Crippen LogP contribution in [0.1, 0.15) is 33.3 Å². The average Bonchev–Trinajstić information content (AvgIpc) is 2.41. The van der Waals surface area contributed by atoms with E-state index in [-0.39, 0.29) is 0 Å². The topological polar surface area (TPSA) is 24.5 Å². The molecule has 0 aromatic heterocycles. The molecule has 0 aliphatic rings. The highest BCUT2D eigenvalue weighted by molar-refractivity contribution is 9.10. The fourth-order valence-electron chi connectivity index (χ4n) is 2.28. The van der Waals surface area contributed by atoms with E-state index in [0.717, 1.165) is 26.2 Å². The van der Waals surface area contributed by atoms with Crippen molar-refractivity contribution in [1.29, 1.82) is 0 Å². The molecule has 0 heterocycles. The lowest BCUT2D eigenvalue weighted by Crippen LogP contribution is -2.34. The van der Waals surface area contributed by atoms with Gasteiger partial charge in [0.05, 0.1) is 12.3 Å². The first kappa shape index (κ1) is 18.5. The van der Waals surface area contributed by atoms with E-state index in [4.69, 9.17) is 4.74 Å². The van der Waals surface area contributed by atoms with Crippen LogP contribution >= 0.6 is 15.9 Å². The van der Waals surface area contributed by atoms with Gasteiger partial charge in [0.15, 0.2) is 0 Å². The molecule has 0 atom stereocenters. The van der Waals surface area contributed by atoms with Gasteiger partial charge in [0.2, 0.25) is 0 Å². The van der Waals surface area contributed by atoms with Crippen molar-refractivity contribution in [3.05, 3.63) is 28.2 Å². The Balaban J connectivity index is 2.75. The van der Waals surface area contributed by atoms with Crippen molar-refractivity contribution in [3.63, 3.8) is 0 Å². The molecule has 0 saturated carbocycles. The first-order valence-electron chi connectivity index (χ1n) is 7.70. The first-order valence-corrected chi connectivity index (χ1v) is 8.49. The molecule has 0 radical (unpaired) electrons. The van der Waals surface area contributed by atoms with Crippen molar-refractivity contribution in [2.75, 3.05) is 31.7 Å². The number of rotatable bonds is 9. The Kier molecular flexibility index (Phi) is 8.30. The molecule has 4 heteroatoms. The van der Waals surface area contributed by atoms with Crippen LogP contribution in [0.25, 0.3) is 0 Å². The van der Waals surface area contributed by atoms with Crippen molar-refractivity contribution >= 4 is 21.6 Å². The predicted octanol–water partition coefficient (Wildman–Crippen LogP) is 4.06. The molecule has 1 aromatic carbocycles. The summed E-state index contributed by atoms with van der Waals surface area (Å²) < 4.78 is 6.21. The highest BCUT2D eigenvalue weighted by Crippen LogP contribution is 2.29. The van der Waals surface area contributed by atoms with E-state index < -0.39 is 0 Å². The van der Waals surface area contributed by atoms with Gasteiger partial charge in [-0.1, -0.05) is 19.9 Å². The van der Waals surface area contributed by atoms with Gasteiger partial charge in [0.25, 0.3) is 0 Å². The van der Waals surface area contributed by atoms with Crippen LogP contribution in [0.5, 0.6) is 0 Å². The predicted molar refractivity (Wildman–Crippen MR) is 95.0 cm³/mol. The molecule has 120 valence electrons. The van der Waals surface area contributed by atoms with E-state index in [2.05, 4.69) is 72.0 Å². The highest BCUT2D eigenvalue weighted by Gasteiger charge is 2.15. The number of hydrogen-bond donors (Lipinski definition) is 1. The minimum Gasteiger partial charge on any atom is -0.383 e. The first-order chi connectivity index (χ1) is 9.95. The van der Waals surface area contributed by atoms with E-state index in [9.17, 15) is 0 Å². The molecule has 1 aromatic rings. The van der Waals surface area contributed by atoms with Crippen LogP contribution in [0.3, 0.4) is 0 Å². The van der Waals surface area contributed by atoms with Crippen LogP contribution < -0.4 is 10.2 Å². The number of ether oxygens (including phenoxy) is 1. The maximum atomic E-state index is 5.04. The summed E-state index contributed by atoms with van der Waals surface area (Å²) >= 11 is 3.73. The molecule has 1 N–H and O–H groups in total. The molecular weight excluding hydrogens is 328 g/mol. The van der Waals surface area contributed by atoms with Crippen LogP contribution in [0.4, 0.5) is 5.69 Å². The number of nitrogens with one attached hydrogen (secondary N) is 1. The van der Waals surface area contributed by atoms with Gasteiger partial charge in [0, 0.05) is 37.3 Å². The number of halogens is 1. The lowest BCUT2D eigenvalue weighted by Gasteiger charge is -2.31. The van der Waals surface area contributed by atoms with Crippen molar-refractivity contribution in [3.8, 4) is 0 Å². The molecule has 0 saturated heterocycles. The van der Waals surface area contributed by atoms with Gasteiger partial charge in [-0.2, -0.15) is 0 Å². The Hall–Kier alpha value is -0.580. The average molecular weight is 357 g/mol. The maximum absolute atomic E-state index is 5.04. The molecule has 0 bridgehead atoms. The summed E-state index contributed by atoms with van der Waals surface area (Å²) in [6.07, 6.45) is 0. The van der Waals surface area contributed by atoms with E-state index >= 15 is 0 Å². The summed E-state index contributed by atoms with van der Waals surface area (Å²) in [5.41, 5.74) is 2.56. The number of nitrogens with zero attached hydrogens (tertiary/aromatic N) is 1. The fourth-order valence-corrected chi connectivity index (χ4v) is 2.93. The van der Waals surface area contributed by atoms with Gasteiger partial charge in [0.1, 0.15) is 0 Å². The second-order valence-corrected chi connectivity index (χ2v) is 6.95. The Labute approximate surface area is 138 Å². The smallest absolute Gasteiger partial charge is 0.0587 e. The Morgan fingerprint density at radius 1 is 1.24 bits per heavy atom. The van der Waals surface area contributed by atoms with E-state index in [1.807, 2.05) is 0 Å². The van der Waals surface area contributed by atoms with E-state index in [1.54, 1.807) is 7.11 Å². The molecule has 1 rings (SSSR count). The van der Waals surface area contributed by atoms with Crippen LogP contribution in [0, 0.1) is 5.92 Å². The highest BCUT2D eigenvalue weighted by atomic mass is 79.9. The molecule has 0 amide bonds. The van der Waals surface area contributed by atoms with Gasteiger partial charge < -0.3 is 15.0 Å². The Bertz CT molecular complexity index is 421. The van der Waals surface area contributed by atoms with Crippen LogP contribution in [0.2, 0.25) is 0 Å². The van der Waals surface area contributed by atoms with Gasteiger partial charge in [-0.3, -0.25) is 0 Å². The van der Waals surface area contributed by atoms with E-state index in [0.29, 0.717) is 12.0 Å². The molecule has 0 aliphatic heterocycles. The largest absolute Gasteiger partial charge is 0.383 e. The Morgan fingerprint density at radius 2 is 1.95 bits per heavy atom. The molecule has 0 aliphatic carbocycles. The molecule has 0 unspecified atom stereocenters. The standard InChI is InChI=1S/C17H29BrN2O/c1-13(2)12-20(14(3)4)17-7-6-15(10-16(17)18)11-19-8-9-21-5/h6-7,10,13-14,19H,8-9,11-12H2,1-5H3. The second-order valence-electron chi connectivity index (χ2n) is 6.10. The van der Waals surface area contributed by atoms with Crippen molar-refractivity contribution < 1.29 is 4.74 Å². The summed E-state index contributed by atoms with van der Waals surface area (Å²) in [6.45, 7) is 12.6. The van der Waals surface area contributed by atoms with E-state index in [1.165, 1.54) is 15.7 Å². The van der Waals surface area contributed by atoms with Gasteiger partial charge in [-0.05, 0) is 53.4 Å².